The highest BCUT2D eigenvalue weighted by atomic mass is 32.1. The second kappa shape index (κ2) is 3.31. The van der Waals surface area contributed by atoms with Crippen molar-refractivity contribution < 1.29 is 4.74 Å². The van der Waals surface area contributed by atoms with Gasteiger partial charge in [-0.25, -0.2) is 0 Å². The van der Waals surface area contributed by atoms with E-state index in [1.165, 1.54) is 28.9 Å². The van der Waals surface area contributed by atoms with Crippen molar-refractivity contribution in [2.75, 3.05) is 7.11 Å². The van der Waals surface area contributed by atoms with Gasteiger partial charge in [-0.2, -0.15) is 0 Å². The van der Waals surface area contributed by atoms with Crippen molar-refractivity contribution in [2.45, 2.75) is 19.3 Å². The largest absolute Gasteiger partial charge is 0.504 e. The lowest BCUT2D eigenvalue weighted by atomic mass is 9.95. The molecule has 0 aliphatic heterocycles. The number of methoxy groups -OCH3 is 1. The minimum atomic E-state index is 1.16. The summed E-state index contributed by atoms with van der Waals surface area (Å²) in [5.41, 5.74) is 2.77. The van der Waals surface area contributed by atoms with Crippen LogP contribution in [-0.4, -0.2) is 7.11 Å². The molecule has 2 heteroatoms. The zero-order chi connectivity index (χ0) is 8.39. The van der Waals surface area contributed by atoms with E-state index >= 15 is 0 Å². The molecule has 0 saturated heterocycles. The summed E-state index contributed by atoms with van der Waals surface area (Å²) in [5, 5.41) is 2.17. The van der Waals surface area contributed by atoms with Crippen LogP contribution in [-0.2, 0) is 11.2 Å². The summed E-state index contributed by atoms with van der Waals surface area (Å²) in [6, 6.07) is 2.20. The highest BCUT2D eigenvalue weighted by molar-refractivity contribution is 7.10. The molecule has 0 unspecified atom stereocenters. The second-order valence-corrected chi connectivity index (χ2v) is 3.99. The maximum absolute atomic E-state index is 5.05. The average molecular weight is 180 g/mol. The minimum absolute atomic E-state index is 1.16. The van der Waals surface area contributed by atoms with Crippen LogP contribution in [0.2, 0.25) is 0 Å². The number of hydrogen-bond acceptors (Lipinski definition) is 2. The molecule has 0 saturated carbocycles. The Balaban J connectivity index is 2.38. The smallest absolute Gasteiger partial charge is 0.0862 e. The predicted octanol–water partition coefficient (Wildman–Crippen LogP) is 3.07. The van der Waals surface area contributed by atoms with Crippen LogP contribution in [0.3, 0.4) is 0 Å². The summed E-state index contributed by atoms with van der Waals surface area (Å²) in [6.07, 6.45) is 5.55. The van der Waals surface area contributed by atoms with Crippen molar-refractivity contribution in [1.29, 1.82) is 0 Å². The lowest BCUT2D eigenvalue weighted by Crippen LogP contribution is -1.97. The maximum atomic E-state index is 5.05. The lowest BCUT2D eigenvalue weighted by Gasteiger charge is -2.13. The summed E-state index contributed by atoms with van der Waals surface area (Å²) >= 11 is 1.86. The molecule has 0 atom stereocenters. The highest BCUT2D eigenvalue weighted by Gasteiger charge is 2.14. The van der Waals surface area contributed by atoms with Crippen LogP contribution in [0, 0.1) is 0 Å². The molecular formula is C10H12OS. The average Bonchev–Trinajstić information content (AvgIpc) is 2.53. The van der Waals surface area contributed by atoms with Crippen LogP contribution in [0.15, 0.2) is 17.7 Å². The van der Waals surface area contributed by atoms with Crippen molar-refractivity contribution in [3.8, 4) is 0 Å². The monoisotopic (exact) mass is 180 g/mol. The van der Waals surface area contributed by atoms with E-state index in [0.717, 1.165) is 6.42 Å². The van der Waals surface area contributed by atoms with Crippen molar-refractivity contribution in [1.82, 2.24) is 0 Å². The molecule has 1 aromatic rings. The van der Waals surface area contributed by atoms with Gasteiger partial charge in [-0.3, -0.25) is 0 Å². The molecule has 0 amide bonds. The fourth-order valence-corrected chi connectivity index (χ4v) is 2.62. The van der Waals surface area contributed by atoms with Crippen molar-refractivity contribution in [2.24, 2.45) is 0 Å². The van der Waals surface area contributed by atoms with Gasteiger partial charge in [-0.1, -0.05) is 0 Å². The summed E-state index contributed by atoms with van der Waals surface area (Å²) in [5.74, 6) is 0. The van der Waals surface area contributed by atoms with Crippen LogP contribution in [0.4, 0.5) is 0 Å². The van der Waals surface area contributed by atoms with E-state index in [4.69, 9.17) is 4.74 Å². The zero-order valence-electron chi connectivity index (χ0n) is 7.17. The molecular weight excluding hydrogens is 168 g/mol. The number of aryl methyl sites for hydroxylation is 1. The normalized spacial score (nSPS) is 19.2. The van der Waals surface area contributed by atoms with Crippen molar-refractivity contribution in [3.63, 3.8) is 0 Å². The summed E-state index contributed by atoms with van der Waals surface area (Å²) < 4.78 is 5.05. The van der Waals surface area contributed by atoms with Crippen LogP contribution in [0.1, 0.15) is 23.3 Å². The van der Waals surface area contributed by atoms with Gasteiger partial charge in [0, 0.05) is 4.88 Å². The van der Waals surface area contributed by atoms with E-state index in [0.29, 0.717) is 0 Å². The molecule has 1 aromatic heterocycles. The molecule has 0 fully saturated rings. The number of hydrogen-bond donors (Lipinski definition) is 0. The molecule has 0 bridgehead atoms. The topological polar surface area (TPSA) is 9.23 Å². The standard InChI is InChI=1S/C10H12OS/c1-11-7-8-3-2-4-10-9(8)5-6-12-10/h5-7H,2-4H2,1H3/b8-7-. The first-order valence-electron chi connectivity index (χ1n) is 4.20. The number of rotatable bonds is 1. The van der Waals surface area contributed by atoms with Crippen LogP contribution >= 0.6 is 11.3 Å². The highest BCUT2D eigenvalue weighted by Crippen LogP contribution is 2.33. The zero-order valence-corrected chi connectivity index (χ0v) is 7.99. The van der Waals surface area contributed by atoms with Crippen molar-refractivity contribution >= 4 is 16.9 Å². The van der Waals surface area contributed by atoms with Crippen LogP contribution in [0.5, 0.6) is 0 Å². The van der Waals surface area contributed by atoms with Gasteiger partial charge in [-0.15, -0.1) is 11.3 Å². The Kier molecular flexibility index (Phi) is 2.17. The Hall–Kier alpha value is -0.760. The van der Waals surface area contributed by atoms with E-state index in [2.05, 4.69) is 11.4 Å². The number of ether oxygens (including phenoxy) is 1. The second-order valence-electron chi connectivity index (χ2n) is 2.99. The lowest BCUT2D eigenvalue weighted by molar-refractivity contribution is 0.338. The third-order valence-corrected chi connectivity index (χ3v) is 3.18. The molecule has 1 aliphatic rings. The molecule has 1 nitrogen and oxygen atoms in total. The van der Waals surface area contributed by atoms with Gasteiger partial charge < -0.3 is 4.74 Å². The van der Waals surface area contributed by atoms with Gasteiger partial charge in [0.05, 0.1) is 13.4 Å². The summed E-state index contributed by atoms with van der Waals surface area (Å²) in [4.78, 5) is 1.52. The fraction of sp³-hybridized carbons (Fsp3) is 0.400. The molecule has 0 spiro atoms. The Morgan fingerprint density at radius 3 is 3.25 bits per heavy atom. The third-order valence-electron chi connectivity index (χ3n) is 2.20. The molecule has 1 aliphatic carbocycles. The van der Waals surface area contributed by atoms with Crippen LogP contribution in [0.25, 0.3) is 5.57 Å². The van der Waals surface area contributed by atoms with E-state index in [1.54, 1.807) is 7.11 Å². The van der Waals surface area contributed by atoms with Gasteiger partial charge in [0.1, 0.15) is 0 Å². The Bertz CT molecular complexity index is 299. The molecule has 12 heavy (non-hydrogen) atoms. The molecule has 0 N–H and O–H groups in total. The summed E-state index contributed by atoms with van der Waals surface area (Å²) in [6.45, 7) is 0. The van der Waals surface area contributed by atoms with Crippen LogP contribution < -0.4 is 0 Å². The Labute approximate surface area is 76.7 Å². The molecule has 64 valence electrons. The van der Waals surface area contributed by atoms with Gasteiger partial charge in [-0.05, 0) is 41.8 Å². The van der Waals surface area contributed by atoms with E-state index < -0.39 is 0 Å². The van der Waals surface area contributed by atoms with E-state index in [-0.39, 0.29) is 0 Å². The maximum Gasteiger partial charge on any atom is 0.0862 e. The van der Waals surface area contributed by atoms with Gasteiger partial charge in [0.25, 0.3) is 0 Å². The molecule has 1 heterocycles. The molecule has 0 radical (unpaired) electrons. The van der Waals surface area contributed by atoms with Gasteiger partial charge >= 0.3 is 0 Å². The third kappa shape index (κ3) is 1.27. The van der Waals surface area contributed by atoms with Gasteiger partial charge in [0.15, 0.2) is 0 Å². The Morgan fingerprint density at radius 2 is 2.42 bits per heavy atom. The SMILES string of the molecule is CO/C=C1/CCCc2sccc21. The van der Waals surface area contributed by atoms with E-state index in [1.807, 2.05) is 17.6 Å². The first-order chi connectivity index (χ1) is 5.92. The predicted molar refractivity (Wildman–Crippen MR) is 52.2 cm³/mol. The first kappa shape index (κ1) is 7.87. The molecule has 2 rings (SSSR count). The number of fused-ring (bicyclic) bond motifs is 1. The van der Waals surface area contributed by atoms with Gasteiger partial charge in [0.2, 0.25) is 0 Å². The van der Waals surface area contributed by atoms with Crippen molar-refractivity contribution in [3.05, 3.63) is 28.1 Å². The fourth-order valence-electron chi connectivity index (χ4n) is 1.66. The van der Waals surface area contributed by atoms with E-state index in [9.17, 15) is 0 Å². The Morgan fingerprint density at radius 1 is 1.50 bits per heavy atom. The molecule has 0 aromatic carbocycles. The quantitative estimate of drug-likeness (QED) is 0.603. The minimum Gasteiger partial charge on any atom is -0.504 e. The first-order valence-corrected chi connectivity index (χ1v) is 5.08. The number of allylic oxidation sites excluding steroid dienone is 1. The summed E-state index contributed by atoms with van der Waals surface area (Å²) in [7, 11) is 1.72. The number of thiophene rings is 1.